The molecule has 16 heavy (non-hydrogen) atoms. The van der Waals surface area contributed by atoms with Crippen LogP contribution < -0.4 is 5.32 Å². The van der Waals surface area contributed by atoms with Crippen molar-refractivity contribution in [1.29, 1.82) is 0 Å². The second kappa shape index (κ2) is 6.45. The summed E-state index contributed by atoms with van der Waals surface area (Å²) in [4.78, 5) is 11.2. The van der Waals surface area contributed by atoms with Gasteiger partial charge in [-0.25, -0.2) is 4.39 Å². The average Bonchev–Trinajstić information content (AvgIpc) is 2.28. The predicted molar refractivity (Wildman–Crippen MR) is 59.7 cm³/mol. The summed E-state index contributed by atoms with van der Waals surface area (Å²) in [5.41, 5.74) is 0.671. The fourth-order valence-corrected chi connectivity index (χ4v) is 1.30. The second-order valence-electron chi connectivity index (χ2n) is 3.26. The lowest BCUT2D eigenvalue weighted by molar-refractivity contribution is -0.144. The zero-order chi connectivity index (χ0) is 12.0. The van der Waals surface area contributed by atoms with Crippen LogP contribution in [0.3, 0.4) is 0 Å². The minimum Gasteiger partial charge on any atom is -0.461 e. The molecule has 0 aliphatic carbocycles. The molecular formula is C11H13ClFNO2. The van der Waals surface area contributed by atoms with E-state index in [-0.39, 0.29) is 17.6 Å². The van der Waals surface area contributed by atoms with Crippen LogP contribution in [0.15, 0.2) is 18.2 Å². The normalized spacial score (nSPS) is 10.2. The van der Waals surface area contributed by atoms with Crippen molar-refractivity contribution in [1.82, 2.24) is 5.32 Å². The fraction of sp³-hybridized carbons (Fsp3) is 0.364. The van der Waals surface area contributed by atoms with Crippen molar-refractivity contribution in [2.75, 3.05) is 13.6 Å². The average molecular weight is 246 g/mol. The number of nitrogens with one attached hydrogen (secondary N) is 1. The van der Waals surface area contributed by atoms with Gasteiger partial charge in [0.25, 0.3) is 0 Å². The van der Waals surface area contributed by atoms with Gasteiger partial charge in [0, 0.05) is 6.54 Å². The number of benzene rings is 1. The van der Waals surface area contributed by atoms with Crippen LogP contribution in [-0.4, -0.2) is 19.6 Å². The second-order valence-corrected chi connectivity index (χ2v) is 3.67. The lowest BCUT2D eigenvalue weighted by atomic mass is 10.2. The van der Waals surface area contributed by atoms with Gasteiger partial charge in [0.05, 0.1) is 11.4 Å². The van der Waals surface area contributed by atoms with E-state index in [2.05, 4.69) is 5.32 Å². The number of esters is 1. The highest BCUT2D eigenvalue weighted by molar-refractivity contribution is 6.30. The van der Waals surface area contributed by atoms with Gasteiger partial charge in [-0.05, 0) is 24.7 Å². The highest BCUT2D eigenvalue weighted by Crippen LogP contribution is 2.16. The number of hydrogen-bond donors (Lipinski definition) is 1. The molecule has 0 unspecified atom stereocenters. The summed E-state index contributed by atoms with van der Waals surface area (Å²) >= 11 is 5.59. The van der Waals surface area contributed by atoms with Crippen molar-refractivity contribution in [2.45, 2.75) is 13.0 Å². The van der Waals surface area contributed by atoms with Gasteiger partial charge in [0.15, 0.2) is 0 Å². The van der Waals surface area contributed by atoms with Crippen molar-refractivity contribution in [2.24, 2.45) is 0 Å². The SMILES string of the molecule is CNCCC(=O)OCc1ccc(F)c(Cl)c1. The molecule has 5 heteroatoms. The number of carbonyl (C=O) groups excluding carboxylic acids is 1. The summed E-state index contributed by atoms with van der Waals surface area (Å²) in [5, 5.41) is 2.87. The Morgan fingerprint density at radius 1 is 1.56 bits per heavy atom. The van der Waals surface area contributed by atoms with Crippen LogP contribution in [0.2, 0.25) is 5.02 Å². The molecule has 0 heterocycles. The molecule has 1 aromatic carbocycles. The number of hydrogen-bond acceptors (Lipinski definition) is 3. The molecule has 3 nitrogen and oxygen atoms in total. The number of ether oxygens (including phenoxy) is 1. The quantitative estimate of drug-likeness (QED) is 0.808. The maximum atomic E-state index is 12.8. The van der Waals surface area contributed by atoms with Crippen LogP contribution in [0.1, 0.15) is 12.0 Å². The third kappa shape index (κ3) is 4.16. The van der Waals surface area contributed by atoms with E-state index >= 15 is 0 Å². The maximum Gasteiger partial charge on any atom is 0.307 e. The molecule has 0 amide bonds. The predicted octanol–water partition coefficient (Wildman–Crippen LogP) is 2.13. The van der Waals surface area contributed by atoms with Gasteiger partial charge in [-0.2, -0.15) is 0 Å². The van der Waals surface area contributed by atoms with E-state index in [0.29, 0.717) is 18.5 Å². The smallest absolute Gasteiger partial charge is 0.307 e. The standard InChI is InChI=1S/C11H13ClFNO2/c1-14-5-4-11(15)16-7-8-2-3-10(13)9(12)6-8/h2-3,6,14H,4-5,7H2,1H3. The summed E-state index contributed by atoms with van der Waals surface area (Å²) in [7, 11) is 1.76. The first kappa shape index (κ1) is 12.9. The first-order chi connectivity index (χ1) is 7.63. The van der Waals surface area contributed by atoms with Gasteiger partial charge < -0.3 is 10.1 Å². The van der Waals surface area contributed by atoms with E-state index in [1.54, 1.807) is 7.05 Å². The molecular weight excluding hydrogens is 233 g/mol. The van der Waals surface area contributed by atoms with Gasteiger partial charge in [0.1, 0.15) is 12.4 Å². The molecule has 0 aromatic heterocycles. The first-order valence-corrected chi connectivity index (χ1v) is 5.25. The van der Waals surface area contributed by atoms with Gasteiger partial charge in [-0.1, -0.05) is 17.7 Å². The Labute approximate surface area is 98.5 Å². The van der Waals surface area contributed by atoms with E-state index in [1.807, 2.05) is 0 Å². The van der Waals surface area contributed by atoms with Crippen LogP contribution in [0.5, 0.6) is 0 Å². The molecule has 1 N–H and O–H groups in total. The minimum atomic E-state index is -0.480. The Bertz CT molecular complexity index is 371. The Morgan fingerprint density at radius 2 is 2.31 bits per heavy atom. The molecule has 88 valence electrons. The van der Waals surface area contributed by atoms with Crippen LogP contribution >= 0.6 is 11.6 Å². The number of halogens is 2. The molecule has 0 aliphatic heterocycles. The van der Waals surface area contributed by atoms with Gasteiger partial charge in [0.2, 0.25) is 0 Å². The molecule has 0 saturated carbocycles. The molecule has 0 aliphatic rings. The van der Waals surface area contributed by atoms with E-state index in [9.17, 15) is 9.18 Å². The Morgan fingerprint density at radius 3 is 2.94 bits per heavy atom. The third-order valence-electron chi connectivity index (χ3n) is 1.96. The third-order valence-corrected chi connectivity index (χ3v) is 2.25. The summed E-state index contributed by atoms with van der Waals surface area (Å²) in [6, 6.07) is 4.23. The van der Waals surface area contributed by atoms with Crippen LogP contribution in [0.25, 0.3) is 0 Å². The molecule has 1 rings (SSSR count). The van der Waals surface area contributed by atoms with E-state index < -0.39 is 5.82 Å². The fourth-order valence-electron chi connectivity index (χ4n) is 1.09. The molecule has 0 radical (unpaired) electrons. The molecule has 0 atom stereocenters. The van der Waals surface area contributed by atoms with Crippen LogP contribution in [-0.2, 0) is 16.1 Å². The lowest BCUT2D eigenvalue weighted by Gasteiger charge is -2.05. The number of carbonyl (C=O) groups is 1. The van der Waals surface area contributed by atoms with Crippen molar-refractivity contribution in [3.05, 3.63) is 34.6 Å². The highest BCUT2D eigenvalue weighted by Gasteiger charge is 2.04. The highest BCUT2D eigenvalue weighted by atomic mass is 35.5. The monoisotopic (exact) mass is 245 g/mol. The lowest BCUT2D eigenvalue weighted by Crippen LogP contribution is -2.14. The topological polar surface area (TPSA) is 38.3 Å². The zero-order valence-corrected chi connectivity index (χ0v) is 9.68. The summed E-state index contributed by atoms with van der Waals surface area (Å²) in [5.74, 6) is -0.776. The van der Waals surface area contributed by atoms with Crippen molar-refractivity contribution in [3.8, 4) is 0 Å². The Balaban J connectivity index is 2.42. The van der Waals surface area contributed by atoms with Crippen LogP contribution in [0.4, 0.5) is 4.39 Å². The summed E-state index contributed by atoms with van der Waals surface area (Å²) in [6.45, 7) is 0.686. The first-order valence-electron chi connectivity index (χ1n) is 4.87. The summed E-state index contributed by atoms with van der Waals surface area (Å²) in [6.07, 6.45) is 0.311. The molecule has 0 fully saturated rings. The van der Waals surface area contributed by atoms with Crippen molar-refractivity contribution in [3.63, 3.8) is 0 Å². The van der Waals surface area contributed by atoms with E-state index in [1.165, 1.54) is 18.2 Å². The van der Waals surface area contributed by atoms with Crippen molar-refractivity contribution >= 4 is 17.6 Å². The van der Waals surface area contributed by atoms with E-state index in [4.69, 9.17) is 16.3 Å². The zero-order valence-electron chi connectivity index (χ0n) is 8.93. The largest absolute Gasteiger partial charge is 0.461 e. The Hall–Kier alpha value is -1.13. The van der Waals surface area contributed by atoms with Gasteiger partial charge >= 0.3 is 5.97 Å². The minimum absolute atomic E-state index is 0.0313. The summed E-state index contributed by atoms with van der Waals surface area (Å²) < 4.78 is 17.8. The van der Waals surface area contributed by atoms with Gasteiger partial charge in [-0.15, -0.1) is 0 Å². The van der Waals surface area contributed by atoms with E-state index in [0.717, 1.165) is 0 Å². The Kier molecular flexibility index (Phi) is 5.22. The molecule has 0 saturated heterocycles. The van der Waals surface area contributed by atoms with Crippen LogP contribution in [0, 0.1) is 5.82 Å². The maximum absolute atomic E-state index is 12.8. The van der Waals surface area contributed by atoms with Crippen molar-refractivity contribution < 1.29 is 13.9 Å². The number of rotatable bonds is 5. The molecule has 0 spiro atoms. The van der Waals surface area contributed by atoms with Gasteiger partial charge in [-0.3, -0.25) is 4.79 Å². The molecule has 0 bridgehead atoms. The molecule has 1 aromatic rings.